The monoisotopic (exact) mass is 308 g/mol. The van der Waals surface area contributed by atoms with E-state index in [9.17, 15) is 4.79 Å². The van der Waals surface area contributed by atoms with Gasteiger partial charge in [-0.1, -0.05) is 18.2 Å². The lowest BCUT2D eigenvalue weighted by Crippen LogP contribution is -2.43. The average molecular weight is 308 g/mol. The molecule has 3 rings (SSSR count). The molecule has 0 aliphatic heterocycles. The van der Waals surface area contributed by atoms with Crippen LogP contribution in [-0.4, -0.2) is 32.0 Å². The molecule has 0 saturated heterocycles. The fourth-order valence-electron chi connectivity index (χ4n) is 3.95. The summed E-state index contributed by atoms with van der Waals surface area (Å²) < 4.78 is 1.84. The van der Waals surface area contributed by atoms with Gasteiger partial charge in [-0.05, 0) is 50.9 Å². The molecule has 5 unspecified atom stereocenters. The van der Waals surface area contributed by atoms with Gasteiger partial charge in [0.1, 0.15) is 6.33 Å². The lowest BCUT2D eigenvalue weighted by molar-refractivity contribution is -0.121. The number of aryl methyl sites for hydroxylation is 1. The van der Waals surface area contributed by atoms with Crippen molar-refractivity contribution < 1.29 is 4.79 Å². The molecule has 2 saturated carbocycles. The van der Waals surface area contributed by atoms with E-state index in [1.807, 2.05) is 18.5 Å². The molecule has 1 N–H and O–H groups in total. The van der Waals surface area contributed by atoms with Gasteiger partial charge >= 0.3 is 0 Å². The maximum absolute atomic E-state index is 12.4. The predicted octanol–water partition coefficient (Wildman–Crippen LogP) is 2.24. The standard InChI is InChI=1S/C15H24N4OS/c1-9(13-7-11-4-5-12(13)6-11)17-14(20)10(2)21-15-18-16-8-19(15)3/h8-13H,4-7H2,1-3H3,(H,17,20). The summed E-state index contributed by atoms with van der Waals surface area (Å²) in [5, 5.41) is 11.7. The molecule has 2 aliphatic carbocycles. The predicted molar refractivity (Wildman–Crippen MR) is 82.9 cm³/mol. The van der Waals surface area contributed by atoms with Crippen molar-refractivity contribution in [2.75, 3.05) is 0 Å². The minimum atomic E-state index is -0.144. The second kappa shape index (κ2) is 5.99. The Morgan fingerprint density at radius 2 is 2.24 bits per heavy atom. The van der Waals surface area contributed by atoms with E-state index in [1.165, 1.54) is 37.4 Å². The molecular formula is C15H24N4OS. The highest BCUT2D eigenvalue weighted by atomic mass is 32.2. The van der Waals surface area contributed by atoms with Gasteiger partial charge in [0.05, 0.1) is 5.25 Å². The van der Waals surface area contributed by atoms with Crippen molar-refractivity contribution in [3.05, 3.63) is 6.33 Å². The normalized spacial score (nSPS) is 30.3. The van der Waals surface area contributed by atoms with Crippen LogP contribution < -0.4 is 5.32 Å². The van der Waals surface area contributed by atoms with Crippen molar-refractivity contribution in [1.82, 2.24) is 20.1 Å². The first-order chi connectivity index (χ1) is 10.0. The summed E-state index contributed by atoms with van der Waals surface area (Å²) in [7, 11) is 1.89. The Morgan fingerprint density at radius 3 is 2.81 bits per heavy atom. The van der Waals surface area contributed by atoms with Crippen LogP contribution in [0.25, 0.3) is 0 Å². The van der Waals surface area contributed by atoms with Crippen molar-refractivity contribution in [3.63, 3.8) is 0 Å². The molecule has 5 nitrogen and oxygen atoms in total. The van der Waals surface area contributed by atoms with E-state index in [0.717, 1.165) is 17.0 Å². The lowest BCUT2D eigenvalue weighted by atomic mass is 9.84. The Bertz CT molecular complexity index is 518. The summed E-state index contributed by atoms with van der Waals surface area (Å²) in [6.07, 6.45) is 7.11. The van der Waals surface area contributed by atoms with Crippen LogP contribution in [0.3, 0.4) is 0 Å². The second-order valence-corrected chi connectivity index (χ2v) is 7.93. The molecule has 0 radical (unpaired) electrons. The molecule has 2 aliphatic rings. The highest BCUT2D eigenvalue weighted by Crippen LogP contribution is 2.49. The van der Waals surface area contributed by atoms with Crippen molar-refractivity contribution in [3.8, 4) is 0 Å². The maximum Gasteiger partial charge on any atom is 0.233 e. The molecule has 21 heavy (non-hydrogen) atoms. The molecule has 1 aromatic heterocycles. The molecule has 5 atom stereocenters. The van der Waals surface area contributed by atoms with Crippen LogP contribution in [0.5, 0.6) is 0 Å². The van der Waals surface area contributed by atoms with Crippen LogP contribution in [-0.2, 0) is 11.8 Å². The Balaban J connectivity index is 1.52. The number of hydrogen-bond donors (Lipinski definition) is 1. The van der Waals surface area contributed by atoms with Gasteiger partial charge in [0.2, 0.25) is 5.91 Å². The fourth-order valence-corrected chi connectivity index (χ4v) is 4.75. The number of carbonyl (C=O) groups is 1. The van der Waals surface area contributed by atoms with Gasteiger partial charge in [0.25, 0.3) is 0 Å². The Kier molecular flexibility index (Phi) is 4.24. The van der Waals surface area contributed by atoms with E-state index in [0.29, 0.717) is 5.92 Å². The first kappa shape index (κ1) is 14.9. The quantitative estimate of drug-likeness (QED) is 0.848. The van der Waals surface area contributed by atoms with Crippen LogP contribution in [0.1, 0.15) is 39.5 Å². The maximum atomic E-state index is 12.4. The summed E-state index contributed by atoms with van der Waals surface area (Å²) in [5.41, 5.74) is 0. The Hall–Kier alpha value is -1.04. The molecule has 1 amide bonds. The minimum absolute atomic E-state index is 0.110. The third-order valence-electron chi connectivity index (χ3n) is 5.13. The van der Waals surface area contributed by atoms with Gasteiger partial charge < -0.3 is 9.88 Å². The Morgan fingerprint density at radius 1 is 1.43 bits per heavy atom. The summed E-state index contributed by atoms with van der Waals surface area (Å²) in [5.74, 6) is 2.55. The van der Waals surface area contributed by atoms with Gasteiger partial charge in [-0.2, -0.15) is 0 Å². The Labute approximate surface area is 130 Å². The zero-order valence-corrected chi connectivity index (χ0v) is 13.8. The molecule has 2 bridgehead atoms. The first-order valence-corrected chi connectivity index (χ1v) is 8.73. The van der Waals surface area contributed by atoms with Crippen molar-refractivity contribution >= 4 is 17.7 Å². The van der Waals surface area contributed by atoms with Crippen LogP contribution in [0.15, 0.2) is 11.5 Å². The molecule has 1 heterocycles. The molecule has 1 aromatic rings. The van der Waals surface area contributed by atoms with Gasteiger partial charge in [0.15, 0.2) is 5.16 Å². The van der Waals surface area contributed by atoms with E-state index in [2.05, 4.69) is 22.4 Å². The van der Waals surface area contributed by atoms with Crippen molar-refractivity contribution in [1.29, 1.82) is 0 Å². The number of thioether (sulfide) groups is 1. The largest absolute Gasteiger partial charge is 0.352 e. The number of amides is 1. The topological polar surface area (TPSA) is 59.8 Å². The molecule has 2 fully saturated rings. The number of carbonyl (C=O) groups excluding carboxylic acids is 1. The summed E-state index contributed by atoms with van der Waals surface area (Å²) in [6, 6.07) is 0.287. The van der Waals surface area contributed by atoms with E-state index in [4.69, 9.17) is 0 Å². The molecular weight excluding hydrogens is 284 g/mol. The second-order valence-electron chi connectivity index (χ2n) is 6.62. The molecule has 6 heteroatoms. The number of nitrogens with zero attached hydrogens (tertiary/aromatic N) is 3. The van der Waals surface area contributed by atoms with E-state index in [1.54, 1.807) is 6.33 Å². The third-order valence-corrected chi connectivity index (χ3v) is 6.27. The van der Waals surface area contributed by atoms with Gasteiger partial charge in [0, 0.05) is 13.1 Å². The molecule has 0 aromatic carbocycles. The fraction of sp³-hybridized carbons (Fsp3) is 0.800. The summed E-state index contributed by atoms with van der Waals surface area (Å²) >= 11 is 1.46. The number of hydrogen-bond acceptors (Lipinski definition) is 4. The average Bonchev–Trinajstić information content (AvgIpc) is 3.16. The van der Waals surface area contributed by atoms with Crippen molar-refractivity contribution in [2.45, 2.75) is 56.0 Å². The highest BCUT2D eigenvalue weighted by molar-refractivity contribution is 8.00. The van der Waals surface area contributed by atoms with E-state index >= 15 is 0 Å². The highest BCUT2D eigenvalue weighted by Gasteiger charge is 2.42. The van der Waals surface area contributed by atoms with Crippen LogP contribution in [0.2, 0.25) is 0 Å². The number of nitrogens with one attached hydrogen (secondary N) is 1. The van der Waals surface area contributed by atoms with Crippen LogP contribution in [0.4, 0.5) is 0 Å². The SMILES string of the molecule is CC(Sc1nncn1C)C(=O)NC(C)C1CC2CCC1C2. The number of rotatable bonds is 5. The first-order valence-electron chi connectivity index (χ1n) is 7.85. The molecule has 0 spiro atoms. The number of aromatic nitrogens is 3. The summed E-state index contributed by atoms with van der Waals surface area (Å²) in [6.45, 7) is 4.10. The van der Waals surface area contributed by atoms with Gasteiger partial charge in [-0.3, -0.25) is 4.79 Å². The lowest BCUT2D eigenvalue weighted by Gasteiger charge is -2.29. The van der Waals surface area contributed by atoms with Crippen LogP contribution >= 0.6 is 11.8 Å². The summed E-state index contributed by atoms with van der Waals surface area (Å²) in [4.78, 5) is 12.4. The van der Waals surface area contributed by atoms with Gasteiger partial charge in [-0.15, -0.1) is 10.2 Å². The number of fused-ring (bicyclic) bond motifs is 2. The molecule has 116 valence electrons. The van der Waals surface area contributed by atoms with E-state index < -0.39 is 0 Å². The van der Waals surface area contributed by atoms with Crippen molar-refractivity contribution in [2.24, 2.45) is 24.8 Å². The minimum Gasteiger partial charge on any atom is -0.352 e. The zero-order chi connectivity index (χ0) is 15.0. The third kappa shape index (κ3) is 3.10. The van der Waals surface area contributed by atoms with E-state index in [-0.39, 0.29) is 17.2 Å². The van der Waals surface area contributed by atoms with Crippen LogP contribution in [0, 0.1) is 17.8 Å². The van der Waals surface area contributed by atoms with Gasteiger partial charge in [-0.25, -0.2) is 0 Å². The smallest absolute Gasteiger partial charge is 0.233 e. The zero-order valence-electron chi connectivity index (χ0n) is 13.0.